The molecular formula is C13H20N2O. The number of hydrogen-bond donors (Lipinski definition) is 1. The molecule has 0 unspecified atom stereocenters. The Bertz CT molecular complexity index is 355. The summed E-state index contributed by atoms with van der Waals surface area (Å²) < 4.78 is 7.36. The zero-order valence-electron chi connectivity index (χ0n) is 9.91. The fourth-order valence-corrected chi connectivity index (χ4v) is 1.94. The number of nitrogens with one attached hydrogen (secondary N) is 1. The molecule has 2 heterocycles. The van der Waals surface area contributed by atoms with Crippen molar-refractivity contribution in [2.24, 2.45) is 7.05 Å². The number of hydrogen-bond acceptors (Lipinski definition) is 2. The van der Waals surface area contributed by atoms with Crippen LogP contribution in [0.2, 0.25) is 0 Å². The summed E-state index contributed by atoms with van der Waals surface area (Å²) in [4.78, 5) is 0. The van der Waals surface area contributed by atoms with Gasteiger partial charge in [-0.1, -0.05) is 11.6 Å². The molecule has 0 amide bonds. The van der Waals surface area contributed by atoms with Crippen molar-refractivity contribution in [2.75, 3.05) is 19.8 Å². The maximum Gasteiger partial charge on any atom is 0.0650 e. The maximum atomic E-state index is 5.28. The van der Waals surface area contributed by atoms with Crippen molar-refractivity contribution >= 4 is 0 Å². The third-order valence-electron chi connectivity index (χ3n) is 2.90. The van der Waals surface area contributed by atoms with Gasteiger partial charge in [-0.05, 0) is 31.0 Å². The van der Waals surface area contributed by atoms with E-state index >= 15 is 0 Å². The highest BCUT2D eigenvalue weighted by molar-refractivity contribution is 5.09. The second kappa shape index (κ2) is 5.87. The highest BCUT2D eigenvalue weighted by atomic mass is 16.5. The molecule has 1 aliphatic heterocycles. The third kappa shape index (κ3) is 3.51. The summed E-state index contributed by atoms with van der Waals surface area (Å²) in [6, 6.07) is 2.15. The molecule has 1 N–H and O–H groups in total. The largest absolute Gasteiger partial charge is 0.377 e. The monoisotopic (exact) mass is 220 g/mol. The zero-order chi connectivity index (χ0) is 11.2. The van der Waals surface area contributed by atoms with Gasteiger partial charge in [0.25, 0.3) is 0 Å². The van der Waals surface area contributed by atoms with E-state index < -0.39 is 0 Å². The van der Waals surface area contributed by atoms with Crippen LogP contribution in [0.5, 0.6) is 0 Å². The molecule has 0 aliphatic carbocycles. The van der Waals surface area contributed by atoms with Gasteiger partial charge in [0, 0.05) is 26.0 Å². The molecule has 0 saturated heterocycles. The van der Waals surface area contributed by atoms with Gasteiger partial charge in [-0.15, -0.1) is 0 Å². The molecule has 0 fully saturated rings. The lowest BCUT2D eigenvalue weighted by Gasteiger charge is -2.13. The summed E-state index contributed by atoms with van der Waals surface area (Å²) in [5.74, 6) is 0. The minimum absolute atomic E-state index is 0.800. The van der Waals surface area contributed by atoms with Crippen molar-refractivity contribution in [3.8, 4) is 0 Å². The Kier molecular flexibility index (Phi) is 4.19. The highest BCUT2D eigenvalue weighted by Gasteiger charge is 2.02. The van der Waals surface area contributed by atoms with Gasteiger partial charge < -0.3 is 14.6 Å². The average Bonchev–Trinajstić information content (AvgIpc) is 2.72. The molecule has 88 valence electrons. The molecule has 0 atom stereocenters. The fourth-order valence-electron chi connectivity index (χ4n) is 1.94. The van der Waals surface area contributed by atoms with E-state index in [4.69, 9.17) is 4.74 Å². The van der Waals surface area contributed by atoms with Gasteiger partial charge in [0.1, 0.15) is 0 Å². The topological polar surface area (TPSA) is 26.2 Å². The first-order valence-corrected chi connectivity index (χ1v) is 5.92. The van der Waals surface area contributed by atoms with E-state index in [0.29, 0.717) is 0 Å². The van der Waals surface area contributed by atoms with Gasteiger partial charge in [-0.3, -0.25) is 0 Å². The highest BCUT2D eigenvalue weighted by Crippen LogP contribution is 2.10. The van der Waals surface area contributed by atoms with E-state index in [0.717, 1.165) is 39.1 Å². The van der Waals surface area contributed by atoms with Gasteiger partial charge >= 0.3 is 0 Å². The summed E-state index contributed by atoms with van der Waals surface area (Å²) >= 11 is 0. The summed E-state index contributed by atoms with van der Waals surface area (Å²) in [6.45, 7) is 3.71. The number of nitrogens with zero attached hydrogens (tertiary/aromatic N) is 1. The summed E-state index contributed by atoms with van der Waals surface area (Å²) in [5.41, 5.74) is 2.88. The van der Waals surface area contributed by atoms with E-state index in [9.17, 15) is 0 Å². The first-order valence-electron chi connectivity index (χ1n) is 5.92. The van der Waals surface area contributed by atoms with E-state index in [1.54, 1.807) is 0 Å². The van der Waals surface area contributed by atoms with Crippen LogP contribution in [0.4, 0.5) is 0 Å². The predicted molar refractivity (Wildman–Crippen MR) is 65.3 cm³/mol. The number of ether oxygens (including phenoxy) is 1. The molecule has 0 aromatic carbocycles. The fraction of sp³-hybridized carbons (Fsp3) is 0.538. The lowest BCUT2D eigenvalue weighted by molar-refractivity contribution is 0.153. The SMILES string of the molecule is Cn1ccc(CNCCC2=CCOCC2)c1. The molecule has 1 aromatic heterocycles. The van der Waals surface area contributed by atoms with Gasteiger partial charge in [0.2, 0.25) is 0 Å². The van der Waals surface area contributed by atoms with Crippen molar-refractivity contribution in [3.05, 3.63) is 35.7 Å². The first-order chi connectivity index (χ1) is 7.84. The van der Waals surface area contributed by atoms with Crippen molar-refractivity contribution in [1.82, 2.24) is 9.88 Å². The smallest absolute Gasteiger partial charge is 0.0650 e. The van der Waals surface area contributed by atoms with Crippen LogP contribution in [0.3, 0.4) is 0 Å². The van der Waals surface area contributed by atoms with E-state index in [-0.39, 0.29) is 0 Å². The second-order valence-electron chi connectivity index (χ2n) is 4.30. The van der Waals surface area contributed by atoms with Crippen molar-refractivity contribution < 1.29 is 4.74 Å². The first kappa shape index (κ1) is 11.4. The Labute approximate surface area is 97.1 Å². The second-order valence-corrected chi connectivity index (χ2v) is 4.30. The molecular weight excluding hydrogens is 200 g/mol. The van der Waals surface area contributed by atoms with E-state index in [2.05, 4.69) is 41.5 Å². The molecule has 1 aromatic rings. The maximum absolute atomic E-state index is 5.28. The summed E-state index contributed by atoms with van der Waals surface area (Å²) in [6.07, 6.45) is 8.70. The Morgan fingerprint density at radius 2 is 2.44 bits per heavy atom. The van der Waals surface area contributed by atoms with Crippen LogP contribution in [0.1, 0.15) is 18.4 Å². The van der Waals surface area contributed by atoms with E-state index in [1.807, 2.05) is 0 Å². The van der Waals surface area contributed by atoms with E-state index in [1.165, 1.54) is 11.1 Å². The molecule has 1 aliphatic rings. The summed E-state index contributed by atoms with van der Waals surface area (Å²) in [5, 5.41) is 3.47. The van der Waals surface area contributed by atoms with Crippen LogP contribution in [-0.4, -0.2) is 24.3 Å². The molecule has 2 rings (SSSR count). The molecule has 0 saturated carbocycles. The lowest BCUT2D eigenvalue weighted by atomic mass is 10.1. The average molecular weight is 220 g/mol. The Morgan fingerprint density at radius 1 is 1.50 bits per heavy atom. The van der Waals surface area contributed by atoms with Crippen molar-refractivity contribution in [3.63, 3.8) is 0 Å². The molecule has 0 spiro atoms. The number of aromatic nitrogens is 1. The van der Waals surface area contributed by atoms with Gasteiger partial charge in [-0.25, -0.2) is 0 Å². The van der Waals surface area contributed by atoms with Crippen LogP contribution in [-0.2, 0) is 18.3 Å². The molecule has 0 radical (unpaired) electrons. The van der Waals surface area contributed by atoms with Crippen LogP contribution in [0.15, 0.2) is 30.1 Å². The standard InChI is InChI=1S/C13H20N2O/c1-15-7-3-13(11-15)10-14-6-2-12-4-8-16-9-5-12/h3-4,7,11,14H,2,5-6,8-10H2,1H3. The van der Waals surface area contributed by atoms with Crippen LogP contribution >= 0.6 is 0 Å². The Balaban J connectivity index is 1.63. The quantitative estimate of drug-likeness (QED) is 0.605. The minimum Gasteiger partial charge on any atom is -0.377 e. The van der Waals surface area contributed by atoms with Crippen LogP contribution in [0, 0.1) is 0 Å². The van der Waals surface area contributed by atoms with Gasteiger partial charge in [0.15, 0.2) is 0 Å². The van der Waals surface area contributed by atoms with Gasteiger partial charge in [0.05, 0.1) is 13.2 Å². The van der Waals surface area contributed by atoms with Crippen molar-refractivity contribution in [1.29, 1.82) is 0 Å². The summed E-state index contributed by atoms with van der Waals surface area (Å²) in [7, 11) is 2.05. The van der Waals surface area contributed by atoms with Crippen molar-refractivity contribution in [2.45, 2.75) is 19.4 Å². The molecule has 3 nitrogen and oxygen atoms in total. The predicted octanol–water partition coefficient (Wildman–Crippen LogP) is 1.85. The zero-order valence-corrected chi connectivity index (χ0v) is 9.91. The minimum atomic E-state index is 0.800. The number of rotatable bonds is 5. The normalized spacial score (nSPS) is 16.2. The molecule has 3 heteroatoms. The third-order valence-corrected chi connectivity index (χ3v) is 2.90. The number of aryl methyl sites for hydroxylation is 1. The molecule has 0 bridgehead atoms. The lowest BCUT2D eigenvalue weighted by Crippen LogP contribution is -2.16. The molecule has 16 heavy (non-hydrogen) atoms. The van der Waals surface area contributed by atoms with Crippen LogP contribution in [0.25, 0.3) is 0 Å². The Hall–Kier alpha value is -1.06. The van der Waals surface area contributed by atoms with Crippen LogP contribution < -0.4 is 5.32 Å². The van der Waals surface area contributed by atoms with Gasteiger partial charge in [-0.2, -0.15) is 0 Å². The Morgan fingerprint density at radius 3 is 3.12 bits per heavy atom.